The van der Waals surface area contributed by atoms with E-state index in [0.29, 0.717) is 0 Å². The first-order valence-electron chi connectivity index (χ1n) is 5.78. The summed E-state index contributed by atoms with van der Waals surface area (Å²) < 4.78 is 0. The third-order valence-electron chi connectivity index (χ3n) is 2.93. The molecule has 1 aromatic carbocycles. The number of carbonyl (C=O) groups is 1. The van der Waals surface area contributed by atoms with Gasteiger partial charge in [-0.2, -0.15) is 0 Å². The molecule has 1 atom stereocenters. The van der Waals surface area contributed by atoms with Gasteiger partial charge in [0.2, 0.25) is 5.91 Å². The molecule has 16 heavy (non-hydrogen) atoms. The second-order valence-electron chi connectivity index (χ2n) is 4.34. The van der Waals surface area contributed by atoms with E-state index in [0.717, 1.165) is 24.9 Å². The van der Waals surface area contributed by atoms with E-state index in [1.807, 2.05) is 31.2 Å². The second kappa shape index (κ2) is 4.97. The number of carbonyl (C=O) groups excluding carboxylic acids is 1. The molecule has 0 bridgehead atoms. The molecule has 0 aromatic heterocycles. The third kappa shape index (κ3) is 2.72. The van der Waals surface area contributed by atoms with Gasteiger partial charge < -0.3 is 5.32 Å². The van der Waals surface area contributed by atoms with Gasteiger partial charge in [-0.3, -0.25) is 4.79 Å². The minimum atomic E-state index is 0.144. The average Bonchev–Trinajstić information content (AvgIpc) is 2.30. The molecule has 0 radical (unpaired) electrons. The Morgan fingerprint density at radius 3 is 2.94 bits per heavy atom. The largest absolute Gasteiger partial charge is 0.326 e. The van der Waals surface area contributed by atoms with Crippen molar-refractivity contribution in [2.24, 2.45) is 5.92 Å². The Labute approximate surface area is 96.4 Å². The number of hydrogen-bond donors (Lipinski definition) is 1. The van der Waals surface area contributed by atoms with Crippen LogP contribution in [-0.2, 0) is 4.79 Å². The molecule has 0 saturated carbocycles. The summed E-state index contributed by atoms with van der Waals surface area (Å²) in [6.45, 7) is 2.03. The van der Waals surface area contributed by atoms with Gasteiger partial charge in [0.05, 0.1) is 0 Å². The van der Waals surface area contributed by atoms with Gasteiger partial charge in [0.1, 0.15) is 0 Å². The molecule has 2 rings (SSSR count). The number of aryl methyl sites for hydroxylation is 1. The van der Waals surface area contributed by atoms with E-state index in [1.165, 1.54) is 5.56 Å². The summed E-state index contributed by atoms with van der Waals surface area (Å²) in [5.74, 6) is 0.292. The van der Waals surface area contributed by atoms with Crippen molar-refractivity contribution in [2.75, 3.05) is 5.32 Å². The van der Waals surface area contributed by atoms with Crippen LogP contribution in [0.15, 0.2) is 36.4 Å². The fourth-order valence-corrected chi connectivity index (χ4v) is 2.00. The van der Waals surface area contributed by atoms with Crippen LogP contribution < -0.4 is 5.32 Å². The summed E-state index contributed by atoms with van der Waals surface area (Å²) in [6.07, 6.45) is 7.11. The summed E-state index contributed by atoms with van der Waals surface area (Å²) in [7, 11) is 0. The maximum absolute atomic E-state index is 11.9. The van der Waals surface area contributed by atoms with Crippen molar-refractivity contribution >= 4 is 11.6 Å². The second-order valence-corrected chi connectivity index (χ2v) is 4.34. The molecule has 0 spiro atoms. The van der Waals surface area contributed by atoms with Crippen LogP contribution in [0.4, 0.5) is 5.69 Å². The molecule has 1 N–H and O–H groups in total. The standard InChI is InChI=1S/C14H17NO/c1-11-6-5-9-13(10-11)15-14(16)12-7-3-2-4-8-12/h2-3,5-6,9-10,12H,4,7-8H2,1H3,(H,15,16). The minimum absolute atomic E-state index is 0.144. The highest BCUT2D eigenvalue weighted by Crippen LogP contribution is 2.20. The molecule has 1 amide bonds. The maximum atomic E-state index is 11.9. The van der Waals surface area contributed by atoms with E-state index in [2.05, 4.69) is 17.5 Å². The van der Waals surface area contributed by atoms with Crippen LogP contribution in [-0.4, -0.2) is 5.91 Å². The number of rotatable bonds is 2. The Kier molecular flexibility index (Phi) is 3.40. The van der Waals surface area contributed by atoms with Crippen LogP contribution in [0.3, 0.4) is 0 Å². The van der Waals surface area contributed by atoms with Gasteiger partial charge in [-0.05, 0) is 43.9 Å². The lowest BCUT2D eigenvalue weighted by molar-refractivity contribution is -0.120. The number of anilines is 1. The molecule has 0 fully saturated rings. The monoisotopic (exact) mass is 215 g/mol. The van der Waals surface area contributed by atoms with Gasteiger partial charge in [-0.1, -0.05) is 24.3 Å². The van der Waals surface area contributed by atoms with Crippen molar-refractivity contribution in [3.8, 4) is 0 Å². The molecule has 0 saturated heterocycles. The zero-order valence-corrected chi connectivity index (χ0v) is 9.57. The summed E-state index contributed by atoms with van der Waals surface area (Å²) in [4.78, 5) is 11.9. The Hall–Kier alpha value is -1.57. The quantitative estimate of drug-likeness (QED) is 0.753. The van der Waals surface area contributed by atoms with Gasteiger partial charge in [-0.25, -0.2) is 0 Å². The van der Waals surface area contributed by atoms with Crippen molar-refractivity contribution < 1.29 is 4.79 Å². The van der Waals surface area contributed by atoms with E-state index < -0.39 is 0 Å². The van der Waals surface area contributed by atoms with Crippen molar-refractivity contribution in [2.45, 2.75) is 26.2 Å². The summed E-state index contributed by atoms with van der Waals surface area (Å²) >= 11 is 0. The van der Waals surface area contributed by atoms with Crippen LogP contribution in [0.2, 0.25) is 0 Å². The number of allylic oxidation sites excluding steroid dienone is 2. The Balaban J connectivity index is 1.99. The molecule has 0 aliphatic heterocycles. The number of hydrogen-bond acceptors (Lipinski definition) is 1. The molecule has 1 aromatic rings. The predicted octanol–water partition coefficient (Wildman–Crippen LogP) is 3.29. The van der Waals surface area contributed by atoms with Crippen molar-refractivity contribution in [1.29, 1.82) is 0 Å². The average molecular weight is 215 g/mol. The molecule has 1 aliphatic carbocycles. The van der Waals surface area contributed by atoms with Gasteiger partial charge in [0, 0.05) is 11.6 Å². The maximum Gasteiger partial charge on any atom is 0.227 e. The Bertz CT molecular complexity index is 409. The zero-order valence-electron chi connectivity index (χ0n) is 9.57. The highest BCUT2D eigenvalue weighted by molar-refractivity contribution is 5.92. The summed E-state index contributed by atoms with van der Waals surface area (Å²) in [6, 6.07) is 7.92. The van der Waals surface area contributed by atoms with Crippen LogP contribution in [0.5, 0.6) is 0 Å². The van der Waals surface area contributed by atoms with E-state index >= 15 is 0 Å². The molecule has 84 valence electrons. The predicted molar refractivity (Wildman–Crippen MR) is 66.3 cm³/mol. The van der Waals surface area contributed by atoms with Gasteiger partial charge in [0.25, 0.3) is 0 Å². The van der Waals surface area contributed by atoms with E-state index in [-0.39, 0.29) is 11.8 Å². The van der Waals surface area contributed by atoms with Crippen LogP contribution in [0.25, 0.3) is 0 Å². The Morgan fingerprint density at radius 2 is 2.25 bits per heavy atom. The summed E-state index contributed by atoms with van der Waals surface area (Å²) in [5, 5.41) is 2.98. The molecule has 2 heteroatoms. The summed E-state index contributed by atoms with van der Waals surface area (Å²) in [5.41, 5.74) is 2.07. The van der Waals surface area contributed by atoms with Gasteiger partial charge in [-0.15, -0.1) is 0 Å². The van der Waals surface area contributed by atoms with E-state index in [4.69, 9.17) is 0 Å². The lowest BCUT2D eigenvalue weighted by Crippen LogP contribution is -2.23. The highest BCUT2D eigenvalue weighted by Gasteiger charge is 2.18. The van der Waals surface area contributed by atoms with Crippen molar-refractivity contribution in [1.82, 2.24) is 0 Å². The smallest absolute Gasteiger partial charge is 0.227 e. The fourth-order valence-electron chi connectivity index (χ4n) is 2.00. The van der Waals surface area contributed by atoms with E-state index in [1.54, 1.807) is 0 Å². The molecule has 0 heterocycles. The number of amides is 1. The van der Waals surface area contributed by atoms with Crippen molar-refractivity contribution in [3.05, 3.63) is 42.0 Å². The number of nitrogens with one attached hydrogen (secondary N) is 1. The van der Waals surface area contributed by atoms with Gasteiger partial charge >= 0.3 is 0 Å². The fraction of sp³-hybridized carbons (Fsp3) is 0.357. The molecule has 1 aliphatic rings. The van der Waals surface area contributed by atoms with Gasteiger partial charge in [0.15, 0.2) is 0 Å². The molecular formula is C14H17NO. The first-order chi connectivity index (χ1) is 7.75. The Morgan fingerprint density at radius 1 is 1.38 bits per heavy atom. The molecular weight excluding hydrogens is 198 g/mol. The lowest BCUT2D eigenvalue weighted by atomic mass is 9.93. The lowest BCUT2D eigenvalue weighted by Gasteiger charge is -2.17. The highest BCUT2D eigenvalue weighted by atomic mass is 16.1. The first-order valence-corrected chi connectivity index (χ1v) is 5.78. The van der Waals surface area contributed by atoms with Crippen LogP contribution in [0.1, 0.15) is 24.8 Å². The minimum Gasteiger partial charge on any atom is -0.326 e. The first kappa shape index (κ1) is 10.9. The van der Waals surface area contributed by atoms with E-state index in [9.17, 15) is 4.79 Å². The van der Waals surface area contributed by atoms with Crippen molar-refractivity contribution in [3.63, 3.8) is 0 Å². The third-order valence-corrected chi connectivity index (χ3v) is 2.93. The normalized spacial score (nSPS) is 19.4. The molecule has 2 nitrogen and oxygen atoms in total. The SMILES string of the molecule is Cc1cccc(NC(=O)C2CC=CCC2)c1. The topological polar surface area (TPSA) is 29.1 Å². The zero-order chi connectivity index (χ0) is 11.4. The van der Waals surface area contributed by atoms with Crippen LogP contribution in [0, 0.1) is 12.8 Å². The van der Waals surface area contributed by atoms with Crippen LogP contribution >= 0.6 is 0 Å². The molecule has 1 unspecified atom stereocenters. The number of benzene rings is 1.